The zero-order valence-corrected chi connectivity index (χ0v) is 11.4. The third-order valence-corrected chi connectivity index (χ3v) is 3.67. The van der Waals surface area contributed by atoms with Gasteiger partial charge in [-0.3, -0.25) is 9.69 Å². The first-order chi connectivity index (χ1) is 9.66. The maximum absolute atomic E-state index is 13.6. The van der Waals surface area contributed by atoms with Crippen LogP contribution >= 0.6 is 0 Å². The predicted molar refractivity (Wildman–Crippen MR) is 73.1 cm³/mol. The number of carbonyl (C=O) groups is 1. The molecule has 1 unspecified atom stereocenters. The van der Waals surface area contributed by atoms with E-state index in [1.54, 1.807) is 18.2 Å². The number of aliphatic carboxylic acids is 1. The van der Waals surface area contributed by atoms with E-state index in [0.717, 1.165) is 19.6 Å². The number of ether oxygens (including phenoxy) is 1. The number of halogens is 1. The molecule has 4 nitrogen and oxygen atoms in total. The van der Waals surface area contributed by atoms with Crippen LogP contribution in [0.2, 0.25) is 0 Å². The highest BCUT2D eigenvalue weighted by atomic mass is 19.1. The summed E-state index contributed by atoms with van der Waals surface area (Å²) in [4.78, 5) is 13.5. The maximum atomic E-state index is 13.6. The number of nitrogens with zero attached hydrogens (tertiary/aromatic N) is 1. The summed E-state index contributed by atoms with van der Waals surface area (Å²) < 4.78 is 18.8. The number of hydrogen-bond donors (Lipinski definition) is 1. The topological polar surface area (TPSA) is 49.8 Å². The smallest absolute Gasteiger partial charge is 0.306 e. The summed E-state index contributed by atoms with van der Waals surface area (Å²) in [7, 11) is 0. The predicted octanol–water partition coefficient (Wildman–Crippen LogP) is 1.79. The Bertz CT molecular complexity index is 446. The Labute approximate surface area is 118 Å². The second-order valence-electron chi connectivity index (χ2n) is 5.07. The molecule has 2 rings (SSSR count). The van der Waals surface area contributed by atoms with E-state index >= 15 is 0 Å². The van der Waals surface area contributed by atoms with Crippen LogP contribution in [0.1, 0.15) is 12.0 Å². The van der Waals surface area contributed by atoms with Gasteiger partial charge in [-0.05, 0) is 31.0 Å². The summed E-state index contributed by atoms with van der Waals surface area (Å²) in [6, 6.07) is 6.37. The fourth-order valence-corrected chi connectivity index (χ4v) is 2.41. The molecule has 0 spiro atoms. The normalized spacial score (nSPS) is 17.9. The Morgan fingerprint density at radius 2 is 2.05 bits per heavy atom. The molecule has 0 aliphatic carbocycles. The Kier molecular flexibility index (Phi) is 5.49. The minimum Gasteiger partial charge on any atom is -0.481 e. The van der Waals surface area contributed by atoms with Crippen molar-refractivity contribution in [3.63, 3.8) is 0 Å². The number of carboxylic acid groups (broad SMARTS) is 1. The fourth-order valence-electron chi connectivity index (χ4n) is 2.41. The molecule has 1 aliphatic heterocycles. The first kappa shape index (κ1) is 14.9. The largest absolute Gasteiger partial charge is 0.481 e. The van der Waals surface area contributed by atoms with E-state index in [0.29, 0.717) is 25.2 Å². The van der Waals surface area contributed by atoms with E-state index in [4.69, 9.17) is 4.74 Å². The van der Waals surface area contributed by atoms with Crippen LogP contribution in [0.5, 0.6) is 0 Å². The molecule has 5 heteroatoms. The Hall–Kier alpha value is -1.46. The van der Waals surface area contributed by atoms with Crippen LogP contribution in [0, 0.1) is 11.7 Å². The van der Waals surface area contributed by atoms with Crippen LogP contribution < -0.4 is 0 Å². The van der Waals surface area contributed by atoms with Gasteiger partial charge < -0.3 is 9.84 Å². The molecule has 1 aromatic rings. The number of carboxylic acids is 1. The minimum absolute atomic E-state index is 0.242. The lowest BCUT2D eigenvalue weighted by Crippen LogP contribution is -2.38. The molecule has 0 aromatic heterocycles. The van der Waals surface area contributed by atoms with Crippen LogP contribution in [0.25, 0.3) is 0 Å². The minimum atomic E-state index is -0.860. The van der Waals surface area contributed by atoms with E-state index in [1.165, 1.54) is 6.07 Å². The summed E-state index contributed by atoms with van der Waals surface area (Å²) in [5, 5.41) is 9.29. The molecule has 1 saturated heterocycles. The number of benzene rings is 1. The molecule has 1 atom stereocenters. The zero-order chi connectivity index (χ0) is 14.4. The molecule has 1 fully saturated rings. The Morgan fingerprint density at radius 1 is 1.35 bits per heavy atom. The van der Waals surface area contributed by atoms with Gasteiger partial charge in [0, 0.05) is 13.1 Å². The van der Waals surface area contributed by atoms with Crippen molar-refractivity contribution in [2.24, 2.45) is 5.92 Å². The molecular weight excluding hydrogens is 261 g/mol. The molecule has 0 amide bonds. The molecule has 0 saturated carbocycles. The first-order valence-electron chi connectivity index (χ1n) is 6.93. The monoisotopic (exact) mass is 281 g/mol. The maximum Gasteiger partial charge on any atom is 0.306 e. The molecular formula is C15H20FNO3. The van der Waals surface area contributed by atoms with Gasteiger partial charge in [-0.2, -0.15) is 0 Å². The summed E-state index contributed by atoms with van der Waals surface area (Å²) in [5.41, 5.74) is 0.474. The van der Waals surface area contributed by atoms with Crippen molar-refractivity contribution >= 4 is 5.97 Å². The van der Waals surface area contributed by atoms with E-state index in [1.807, 2.05) is 0 Å². The van der Waals surface area contributed by atoms with Gasteiger partial charge in [0.25, 0.3) is 0 Å². The average Bonchev–Trinajstić information content (AvgIpc) is 2.46. The van der Waals surface area contributed by atoms with Crippen molar-refractivity contribution in [1.29, 1.82) is 0 Å². The standard InChI is InChI=1S/C15H20FNO3/c16-14-4-2-1-3-12(14)11-13(15(18)19)5-6-17-7-9-20-10-8-17/h1-4,13H,5-11H2,(H,18,19). The molecule has 0 bridgehead atoms. The van der Waals surface area contributed by atoms with Crippen LogP contribution in [-0.2, 0) is 16.0 Å². The van der Waals surface area contributed by atoms with Crippen molar-refractivity contribution in [3.8, 4) is 0 Å². The van der Waals surface area contributed by atoms with E-state index in [9.17, 15) is 14.3 Å². The second-order valence-corrected chi connectivity index (χ2v) is 5.07. The van der Waals surface area contributed by atoms with Gasteiger partial charge in [-0.1, -0.05) is 18.2 Å². The summed E-state index contributed by atoms with van der Waals surface area (Å²) in [5.74, 6) is -1.73. The number of hydrogen-bond acceptors (Lipinski definition) is 3. The van der Waals surface area contributed by atoms with Crippen molar-refractivity contribution in [1.82, 2.24) is 4.90 Å². The summed E-state index contributed by atoms with van der Waals surface area (Å²) in [6.45, 7) is 3.79. The Balaban J connectivity index is 1.90. The SMILES string of the molecule is O=C(O)C(CCN1CCOCC1)Cc1ccccc1F. The third-order valence-electron chi connectivity index (χ3n) is 3.67. The third kappa shape index (κ3) is 4.28. The van der Waals surface area contributed by atoms with Crippen molar-refractivity contribution in [3.05, 3.63) is 35.6 Å². The van der Waals surface area contributed by atoms with Crippen LogP contribution in [-0.4, -0.2) is 48.8 Å². The highest BCUT2D eigenvalue weighted by Crippen LogP contribution is 2.16. The molecule has 1 aliphatic rings. The zero-order valence-electron chi connectivity index (χ0n) is 11.4. The summed E-state index contributed by atoms with van der Waals surface area (Å²) >= 11 is 0. The van der Waals surface area contributed by atoms with Crippen LogP contribution in [0.15, 0.2) is 24.3 Å². The lowest BCUT2D eigenvalue weighted by Gasteiger charge is -2.27. The molecule has 110 valence electrons. The van der Waals surface area contributed by atoms with E-state index < -0.39 is 11.9 Å². The number of rotatable bonds is 6. The molecule has 20 heavy (non-hydrogen) atoms. The summed E-state index contributed by atoms with van der Waals surface area (Å²) in [6.07, 6.45) is 0.774. The highest BCUT2D eigenvalue weighted by Gasteiger charge is 2.21. The van der Waals surface area contributed by atoms with E-state index in [-0.39, 0.29) is 12.2 Å². The van der Waals surface area contributed by atoms with Crippen molar-refractivity contribution in [2.45, 2.75) is 12.8 Å². The second kappa shape index (κ2) is 7.36. The van der Waals surface area contributed by atoms with Gasteiger partial charge in [-0.15, -0.1) is 0 Å². The van der Waals surface area contributed by atoms with Crippen LogP contribution in [0.4, 0.5) is 4.39 Å². The van der Waals surface area contributed by atoms with Gasteiger partial charge in [0.2, 0.25) is 0 Å². The van der Waals surface area contributed by atoms with Gasteiger partial charge >= 0.3 is 5.97 Å². The molecule has 1 aromatic carbocycles. The average molecular weight is 281 g/mol. The van der Waals surface area contributed by atoms with Crippen molar-refractivity contribution in [2.75, 3.05) is 32.8 Å². The lowest BCUT2D eigenvalue weighted by atomic mass is 9.95. The number of morpholine rings is 1. The molecule has 0 radical (unpaired) electrons. The first-order valence-corrected chi connectivity index (χ1v) is 6.93. The molecule has 1 N–H and O–H groups in total. The van der Waals surface area contributed by atoms with Gasteiger partial charge in [0.1, 0.15) is 5.82 Å². The van der Waals surface area contributed by atoms with Gasteiger partial charge in [0.05, 0.1) is 19.1 Å². The Morgan fingerprint density at radius 3 is 2.70 bits per heavy atom. The van der Waals surface area contributed by atoms with Gasteiger partial charge in [-0.25, -0.2) is 4.39 Å². The lowest BCUT2D eigenvalue weighted by molar-refractivity contribution is -0.142. The van der Waals surface area contributed by atoms with Crippen LogP contribution in [0.3, 0.4) is 0 Å². The van der Waals surface area contributed by atoms with E-state index in [2.05, 4.69) is 4.90 Å². The highest BCUT2D eigenvalue weighted by molar-refractivity contribution is 5.70. The van der Waals surface area contributed by atoms with Crippen molar-refractivity contribution < 1.29 is 19.0 Å². The van der Waals surface area contributed by atoms with Gasteiger partial charge in [0.15, 0.2) is 0 Å². The molecule has 1 heterocycles. The fraction of sp³-hybridized carbons (Fsp3) is 0.533. The quantitative estimate of drug-likeness (QED) is 0.863.